The van der Waals surface area contributed by atoms with Crippen LogP contribution in [0.5, 0.6) is 0 Å². The molecular formula is C23H37ClN2O2. The van der Waals surface area contributed by atoms with Crippen molar-refractivity contribution >= 4 is 28.3 Å². The molecule has 1 heterocycles. The number of aliphatic hydroxyl groups excluding tert-OH is 1. The molecular weight excluding hydrogens is 372 g/mol. The van der Waals surface area contributed by atoms with E-state index in [2.05, 4.69) is 37.9 Å². The maximum atomic E-state index is 11.1. The minimum atomic E-state index is -0.572. The van der Waals surface area contributed by atoms with Gasteiger partial charge in [-0.2, -0.15) is 5.10 Å². The summed E-state index contributed by atoms with van der Waals surface area (Å²) in [6.45, 7) is 12.4. The highest BCUT2D eigenvalue weighted by Crippen LogP contribution is 2.45. The van der Waals surface area contributed by atoms with Crippen LogP contribution in [-0.2, 0) is 4.79 Å². The highest BCUT2D eigenvalue weighted by Gasteiger charge is 2.37. The first-order chi connectivity index (χ1) is 13.2. The molecule has 0 aliphatic heterocycles. The van der Waals surface area contributed by atoms with Gasteiger partial charge in [-0.25, -0.2) is 0 Å². The molecule has 0 radical (unpaired) electrons. The van der Waals surface area contributed by atoms with Crippen molar-refractivity contribution in [3.8, 4) is 0 Å². The number of rotatable bonds is 9. The van der Waals surface area contributed by atoms with Crippen molar-refractivity contribution in [2.45, 2.75) is 86.2 Å². The molecule has 0 saturated heterocycles. The van der Waals surface area contributed by atoms with Crippen LogP contribution in [0.15, 0.2) is 18.3 Å². The number of Topliss-reactive ketones (excluding diaryl/α,β-unsaturated/α-hetero) is 1. The molecule has 0 saturated carbocycles. The third-order valence-electron chi connectivity index (χ3n) is 5.47. The van der Waals surface area contributed by atoms with Gasteiger partial charge in [-0.05, 0) is 36.8 Å². The van der Waals surface area contributed by atoms with Crippen LogP contribution in [0.1, 0.15) is 91.7 Å². The molecule has 0 fully saturated rings. The molecule has 5 heteroatoms. The molecule has 4 nitrogen and oxygen atoms in total. The monoisotopic (exact) mass is 408 g/mol. The fraction of sp³-hybridized carbons (Fsp3) is 0.652. The Morgan fingerprint density at radius 3 is 2.25 bits per heavy atom. The third kappa shape index (κ3) is 6.59. The molecule has 158 valence electrons. The summed E-state index contributed by atoms with van der Waals surface area (Å²) < 4.78 is 0. The Hall–Kier alpha value is -1.39. The fourth-order valence-corrected chi connectivity index (χ4v) is 4.06. The molecule has 0 aliphatic carbocycles. The topological polar surface area (TPSA) is 66.0 Å². The molecule has 1 unspecified atom stereocenters. The van der Waals surface area contributed by atoms with Crippen molar-refractivity contribution in [2.75, 3.05) is 0 Å². The van der Waals surface area contributed by atoms with Crippen LogP contribution in [-0.4, -0.2) is 21.1 Å². The fourth-order valence-electron chi connectivity index (χ4n) is 3.82. The number of carbonyl (C=O) groups is 1. The number of aromatic nitrogens is 2. The number of aromatic amines is 1. The number of nitrogens with one attached hydrogen (secondary N) is 1. The molecule has 0 bridgehead atoms. The number of hydrogen-bond acceptors (Lipinski definition) is 3. The molecule has 28 heavy (non-hydrogen) atoms. The van der Waals surface area contributed by atoms with Gasteiger partial charge in [0.15, 0.2) is 0 Å². The second-order valence-electron chi connectivity index (χ2n) is 8.28. The minimum absolute atomic E-state index is 0.214. The largest absolute Gasteiger partial charge is 0.388 e. The summed E-state index contributed by atoms with van der Waals surface area (Å²) in [6.07, 6.45) is 7.42. The van der Waals surface area contributed by atoms with Gasteiger partial charge in [0.2, 0.25) is 0 Å². The van der Waals surface area contributed by atoms with E-state index in [1.807, 2.05) is 19.1 Å². The standard InChI is InChI=1S/C18H27ClN2O.C5H10O/c1-5-7-13(8-6-2)18(3,4)17(22)15-10-14(19)9-12-11-20-21-16(12)15;1-3-4-5(2)6/h9-11,13,17,22H,5-8H2,1-4H3,(H,20,21);3-4H2,1-2H3. The van der Waals surface area contributed by atoms with Crippen molar-refractivity contribution in [3.05, 3.63) is 28.9 Å². The normalized spacial score (nSPS) is 12.8. The van der Waals surface area contributed by atoms with Crippen molar-refractivity contribution in [1.82, 2.24) is 10.2 Å². The Morgan fingerprint density at radius 1 is 1.18 bits per heavy atom. The van der Waals surface area contributed by atoms with Gasteiger partial charge in [0.25, 0.3) is 0 Å². The highest BCUT2D eigenvalue weighted by atomic mass is 35.5. The lowest BCUT2D eigenvalue weighted by Crippen LogP contribution is -2.31. The van der Waals surface area contributed by atoms with E-state index in [-0.39, 0.29) is 11.2 Å². The van der Waals surface area contributed by atoms with Gasteiger partial charge in [0.1, 0.15) is 5.78 Å². The zero-order chi connectivity index (χ0) is 21.3. The number of H-pyrrole nitrogens is 1. The zero-order valence-corrected chi connectivity index (χ0v) is 19.1. The number of carbonyl (C=O) groups excluding carboxylic acids is 1. The van der Waals surface area contributed by atoms with Gasteiger partial charge < -0.3 is 9.90 Å². The van der Waals surface area contributed by atoms with E-state index in [0.29, 0.717) is 10.9 Å². The Balaban J connectivity index is 0.000000568. The Labute approximate surface area is 175 Å². The molecule has 0 aliphatic rings. The van der Waals surface area contributed by atoms with Crippen LogP contribution in [0.2, 0.25) is 5.02 Å². The maximum absolute atomic E-state index is 11.1. The summed E-state index contributed by atoms with van der Waals surface area (Å²) in [5, 5.41) is 19.8. The van der Waals surface area contributed by atoms with E-state index in [0.717, 1.165) is 55.0 Å². The van der Waals surface area contributed by atoms with Gasteiger partial charge in [-0.1, -0.05) is 71.9 Å². The second-order valence-corrected chi connectivity index (χ2v) is 8.72. The summed E-state index contributed by atoms with van der Waals surface area (Å²) in [5.74, 6) is 0.770. The second kappa shape index (κ2) is 11.6. The zero-order valence-electron chi connectivity index (χ0n) is 18.3. The first-order valence-corrected chi connectivity index (χ1v) is 10.9. The summed E-state index contributed by atoms with van der Waals surface area (Å²) in [6, 6.07) is 3.74. The Morgan fingerprint density at radius 2 is 1.79 bits per heavy atom. The van der Waals surface area contributed by atoms with Crippen LogP contribution in [0.4, 0.5) is 0 Å². The summed E-state index contributed by atoms with van der Waals surface area (Å²) >= 11 is 6.22. The predicted molar refractivity (Wildman–Crippen MR) is 119 cm³/mol. The Kier molecular flexibility index (Phi) is 10.2. The van der Waals surface area contributed by atoms with Crippen molar-refractivity contribution in [1.29, 1.82) is 0 Å². The summed E-state index contributed by atoms with van der Waals surface area (Å²) in [7, 11) is 0. The SMILES string of the molecule is CCCC(C)=O.CCCC(CCC)C(C)(C)C(O)c1cc(Cl)cc2cn[nH]c12. The average Bonchev–Trinajstić information content (AvgIpc) is 3.08. The van der Waals surface area contributed by atoms with Crippen LogP contribution >= 0.6 is 11.6 Å². The third-order valence-corrected chi connectivity index (χ3v) is 5.69. The number of nitrogens with zero attached hydrogens (tertiary/aromatic N) is 1. The van der Waals surface area contributed by atoms with Gasteiger partial charge in [0, 0.05) is 22.4 Å². The molecule has 0 amide bonds. The number of aliphatic hydroxyl groups is 1. The van der Waals surface area contributed by atoms with Crippen LogP contribution in [0.25, 0.3) is 10.9 Å². The number of hydrogen-bond donors (Lipinski definition) is 2. The number of ketones is 1. The minimum Gasteiger partial charge on any atom is -0.388 e. The Bertz CT molecular complexity index is 733. The van der Waals surface area contributed by atoms with Gasteiger partial charge in [-0.3, -0.25) is 5.10 Å². The van der Waals surface area contributed by atoms with Crippen LogP contribution < -0.4 is 0 Å². The molecule has 1 aromatic carbocycles. The van der Waals surface area contributed by atoms with Crippen molar-refractivity contribution in [2.24, 2.45) is 11.3 Å². The van der Waals surface area contributed by atoms with Crippen molar-refractivity contribution in [3.63, 3.8) is 0 Å². The van der Waals surface area contributed by atoms with Crippen molar-refractivity contribution < 1.29 is 9.90 Å². The summed E-state index contributed by atoms with van der Waals surface area (Å²) in [4.78, 5) is 10.0. The quantitative estimate of drug-likeness (QED) is 0.475. The van der Waals surface area contributed by atoms with E-state index in [9.17, 15) is 9.90 Å². The first kappa shape index (κ1) is 24.6. The smallest absolute Gasteiger partial charge is 0.129 e. The van der Waals surface area contributed by atoms with Crippen LogP contribution in [0, 0.1) is 11.3 Å². The number of halogens is 1. The lowest BCUT2D eigenvalue weighted by atomic mass is 9.68. The number of fused-ring (bicyclic) bond motifs is 1. The molecule has 1 atom stereocenters. The predicted octanol–water partition coefficient (Wildman–Crippen LogP) is 6.87. The van der Waals surface area contributed by atoms with E-state index in [1.54, 1.807) is 13.1 Å². The highest BCUT2D eigenvalue weighted by molar-refractivity contribution is 6.31. The lowest BCUT2D eigenvalue weighted by molar-refractivity contribution is -0.117. The average molecular weight is 409 g/mol. The van der Waals surface area contributed by atoms with E-state index in [4.69, 9.17) is 11.6 Å². The van der Waals surface area contributed by atoms with E-state index >= 15 is 0 Å². The summed E-state index contributed by atoms with van der Waals surface area (Å²) in [5.41, 5.74) is 1.52. The van der Waals surface area contributed by atoms with Gasteiger partial charge in [0.05, 0.1) is 17.8 Å². The first-order valence-electron chi connectivity index (χ1n) is 10.5. The van der Waals surface area contributed by atoms with E-state index in [1.165, 1.54) is 0 Å². The van der Waals surface area contributed by atoms with Gasteiger partial charge in [-0.15, -0.1) is 0 Å². The molecule has 2 N–H and O–H groups in total. The van der Waals surface area contributed by atoms with Crippen LogP contribution in [0.3, 0.4) is 0 Å². The number of benzene rings is 1. The molecule has 1 aromatic heterocycles. The lowest BCUT2D eigenvalue weighted by Gasteiger charge is -2.39. The molecule has 0 spiro atoms. The molecule has 2 rings (SSSR count). The maximum Gasteiger partial charge on any atom is 0.129 e. The molecule has 2 aromatic rings. The van der Waals surface area contributed by atoms with E-state index < -0.39 is 6.10 Å². The van der Waals surface area contributed by atoms with Gasteiger partial charge >= 0.3 is 0 Å².